The van der Waals surface area contributed by atoms with Gasteiger partial charge < -0.3 is 4.90 Å². The van der Waals surface area contributed by atoms with Crippen molar-refractivity contribution in [3.05, 3.63) is 71.8 Å². The lowest BCUT2D eigenvalue weighted by molar-refractivity contribution is -0.133. The predicted molar refractivity (Wildman–Crippen MR) is 103 cm³/mol. The Bertz CT molecular complexity index is 683. The Morgan fingerprint density at radius 3 is 1.81 bits per heavy atom. The van der Waals surface area contributed by atoms with E-state index in [2.05, 4.69) is 29.2 Å². The normalized spacial score (nSPS) is 15.2. The first kappa shape index (κ1) is 18.3. The van der Waals surface area contributed by atoms with Crippen LogP contribution in [0.5, 0.6) is 0 Å². The van der Waals surface area contributed by atoms with Crippen LogP contribution in [0.2, 0.25) is 0 Å². The summed E-state index contributed by atoms with van der Waals surface area (Å²) in [5, 5.41) is 0. The third kappa shape index (κ3) is 4.79. The number of amides is 1. The summed E-state index contributed by atoms with van der Waals surface area (Å²) < 4.78 is 0. The van der Waals surface area contributed by atoms with E-state index in [0.717, 1.165) is 13.1 Å². The molecule has 0 radical (unpaired) electrons. The van der Waals surface area contributed by atoms with Crippen LogP contribution in [0.1, 0.15) is 30.4 Å². The van der Waals surface area contributed by atoms with Crippen molar-refractivity contribution in [1.29, 1.82) is 0 Å². The fourth-order valence-corrected chi connectivity index (χ4v) is 3.57. The number of hydrogen-bond acceptors (Lipinski definition) is 3. The van der Waals surface area contributed by atoms with Crippen molar-refractivity contribution in [2.75, 3.05) is 32.7 Å². The standard InChI is InChI=1S/C22H26N2O2/c1-18(25)17-23-12-14-24(15-13-23)22(26)16-21(19-8-4-2-5-9-19)20-10-6-3-7-11-20/h2-11,21H,12-17H2,1H3. The van der Waals surface area contributed by atoms with Crippen LogP contribution in [0.4, 0.5) is 0 Å². The molecular weight excluding hydrogens is 324 g/mol. The van der Waals surface area contributed by atoms with Crippen molar-refractivity contribution in [1.82, 2.24) is 9.80 Å². The van der Waals surface area contributed by atoms with E-state index in [1.807, 2.05) is 41.3 Å². The highest BCUT2D eigenvalue weighted by atomic mass is 16.2. The molecule has 0 atom stereocenters. The Kier molecular flexibility index (Phi) is 6.18. The minimum Gasteiger partial charge on any atom is -0.340 e. The van der Waals surface area contributed by atoms with E-state index in [1.165, 1.54) is 11.1 Å². The van der Waals surface area contributed by atoms with Gasteiger partial charge in [0.15, 0.2) is 0 Å². The molecule has 0 unspecified atom stereocenters. The summed E-state index contributed by atoms with van der Waals surface area (Å²) in [6.45, 7) is 5.03. The first-order chi connectivity index (χ1) is 12.6. The molecule has 0 spiro atoms. The number of carbonyl (C=O) groups excluding carboxylic acids is 2. The molecule has 0 bridgehead atoms. The molecule has 4 nitrogen and oxygen atoms in total. The molecule has 1 amide bonds. The molecule has 2 aromatic rings. The van der Waals surface area contributed by atoms with Crippen LogP contribution in [0.25, 0.3) is 0 Å². The van der Waals surface area contributed by atoms with Gasteiger partial charge in [-0.15, -0.1) is 0 Å². The summed E-state index contributed by atoms with van der Waals surface area (Å²) in [6, 6.07) is 20.5. The lowest BCUT2D eigenvalue weighted by Crippen LogP contribution is -2.49. The Morgan fingerprint density at radius 1 is 0.846 bits per heavy atom. The van der Waals surface area contributed by atoms with Crippen molar-refractivity contribution in [3.63, 3.8) is 0 Å². The number of hydrogen-bond donors (Lipinski definition) is 0. The van der Waals surface area contributed by atoms with Gasteiger partial charge in [0, 0.05) is 38.5 Å². The quantitative estimate of drug-likeness (QED) is 0.804. The molecule has 0 N–H and O–H groups in total. The van der Waals surface area contributed by atoms with Gasteiger partial charge in [-0.3, -0.25) is 14.5 Å². The Morgan fingerprint density at radius 2 is 1.35 bits per heavy atom. The molecule has 0 aliphatic carbocycles. The summed E-state index contributed by atoms with van der Waals surface area (Å²) in [7, 11) is 0. The summed E-state index contributed by atoms with van der Waals surface area (Å²) >= 11 is 0. The summed E-state index contributed by atoms with van der Waals surface area (Å²) in [5.41, 5.74) is 2.34. The maximum atomic E-state index is 12.9. The van der Waals surface area contributed by atoms with E-state index in [1.54, 1.807) is 6.92 Å². The van der Waals surface area contributed by atoms with Crippen molar-refractivity contribution >= 4 is 11.7 Å². The molecule has 1 heterocycles. The summed E-state index contributed by atoms with van der Waals surface area (Å²) in [6.07, 6.45) is 0.473. The van der Waals surface area contributed by atoms with Gasteiger partial charge in [0.2, 0.25) is 5.91 Å². The lowest BCUT2D eigenvalue weighted by Gasteiger charge is -2.35. The fourth-order valence-electron chi connectivity index (χ4n) is 3.57. The number of piperazine rings is 1. The molecule has 3 rings (SSSR count). The maximum absolute atomic E-state index is 12.9. The highest BCUT2D eigenvalue weighted by Gasteiger charge is 2.25. The molecule has 0 aromatic heterocycles. The first-order valence-corrected chi connectivity index (χ1v) is 9.23. The molecule has 1 aliphatic heterocycles. The topological polar surface area (TPSA) is 40.6 Å². The fraction of sp³-hybridized carbons (Fsp3) is 0.364. The van der Waals surface area contributed by atoms with E-state index in [9.17, 15) is 9.59 Å². The molecule has 1 fully saturated rings. The SMILES string of the molecule is CC(=O)CN1CCN(C(=O)CC(c2ccccc2)c2ccccc2)CC1. The summed E-state index contributed by atoms with van der Waals surface area (Å²) in [4.78, 5) is 28.3. The van der Waals surface area contributed by atoms with E-state index in [0.29, 0.717) is 26.1 Å². The average molecular weight is 350 g/mol. The van der Waals surface area contributed by atoms with Crippen LogP contribution >= 0.6 is 0 Å². The van der Waals surface area contributed by atoms with Gasteiger partial charge in [0.05, 0.1) is 6.54 Å². The van der Waals surface area contributed by atoms with Crippen molar-refractivity contribution in [3.8, 4) is 0 Å². The van der Waals surface area contributed by atoms with E-state index < -0.39 is 0 Å². The van der Waals surface area contributed by atoms with Crippen molar-refractivity contribution in [2.24, 2.45) is 0 Å². The Hall–Kier alpha value is -2.46. The van der Waals surface area contributed by atoms with Gasteiger partial charge in [0.1, 0.15) is 5.78 Å². The van der Waals surface area contributed by atoms with E-state index >= 15 is 0 Å². The van der Waals surface area contributed by atoms with Crippen molar-refractivity contribution < 1.29 is 9.59 Å². The van der Waals surface area contributed by atoms with Gasteiger partial charge in [-0.25, -0.2) is 0 Å². The number of carbonyl (C=O) groups is 2. The number of benzene rings is 2. The molecule has 2 aromatic carbocycles. The zero-order valence-corrected chi connectivity index (χ0v) is 15.3. The van der Waals surface area contributed by atoms with Crippen LogP contribution in [0, 0.1) is 0 Å². The minimum absolute atomic E-state index is 0.0696. The second kappa shape index (κ2) is 8.77. The molecule has 1 saturated heterocycles. The lowest BCUT2D eigenvalue weighted by atomic mass is 9.88. The monoisotopic (exact) mass is 350 g/mol. The Labute approximate surface area is 155 Å². The van der Waals surface area contributed by atoms with E-state index in [4.69, 9.17) is 0 Å². The first-order valence-electron chi connectivity index (χ1n) is 9.23. The van der Waals surface area contributed by atoms with Gasteiger partial charge >= 0.3 is 0 Å². The number of nitrogens with zero attached hydrogens (tertiary/aromatic N) is 2. The second-order valence-corrected chi connectivity index (χ2v) is 6.94. The maximum Gasteiger partial charge on any atom is 0.223 e. The molecule has 136 valence electrons. The molecule has 1 aliphatic rings. The van der Waals surface area contributed by atoms with Gasteiger partial charge in [-0.05, 0) is 18.1 Å². The molecule has 4 heteroatoms. The molecule has 26 heavy (non-hydrogen) atoms. The molecule has 0 saturated carbocycles. The predicted octanol–water partition coefficient (Wildman–Crippen LogP) is 2.94. The highest BCUT2D eigenvalue weighted by molar-refractivity contribution is 5.78. The van der Waals surface area contributed by atoms with Gasteiger partial charge in [-0.1, -0.05) is 60.7 Å². The van der Waals surface area contributed by atoms with Crippen LogP contribution in [-0.2, 0) is 9.59 Å². The number of Topliss-reactive ketones (excluding diaryl/α,β-unsaturated/α-hetero) is 1. The summed E-state index contributed by atoms with van der Waals surface area (Å²) in [5.74, 6) is 0.434. The smallest absolute Gasteiger partial charge is 0.223 e. The zero-order chi connectivity index (χ0) is 18.4. The van der Waals surface area contributed by atoms with Crippen LogP contribution in [0.15, 0.2) is 60.7 Å². The third-order valence-electron chi connectivity index (χ3n) is 4.95. The number of rotatable bonds is 6. The van der Waals surface area contributed by atoms with Crippen molar-refractivity contribution in [2.45, 2.75) is 19.3 Å². The third-order valence-corrected chi connectivity index (χ3v) is 4.95. The van der Waals surface area contributed by atoms with E-state index in [-0.39, 0.29) is 17.6 Å². The highest BCUT2D eigenvalue weighted by Crippen LogP contribution is 2.28. The largest absolute Gasteiger partial charge is 0.340 e. The average Bonchev–Trinajstić information content (AvgIpc) is 2.67. The van der Waals surface area contributed by atoms with Crippen LogP contribution in [-0.4, -0.2) is 54.2 Å². The zero-order valence-electron chi connectivity index (χ0n) is 15.3. The van der Waals surface area contributed by atoms with Crippen LogP contribution in [0.3, 0.4) is 0 Å². The second-order valence-electron chi connectivity index (χ2n) is 6.94. The van der Waals surface area contributed by atoms with Gasteiger partial charge in [-0.2, -0.15) is 0 Å². The Balaban J connectivity index is 1.68. The minimum atomic E-state index is 0.0696. The van der Waals surface area contributed by atoms with Crippen LogP contribution < -0.4 is 0 Å². The molecular formula is C22H26N2O2. The number of ketones is 1. The van der Waals surface area contributed by atoms with Gasteiger partial charge in [0.25, 0.3) is 0 Å².